The van der Waals surface area contributed by atoms with Gasteiger partial charge in [0.25, 0.3) is 0 Å². The van der Waals surface area contributed by atoms with Crippen molar-refractivity contribution in [1.82, 2.24) is 5.32 Å². The van der Waals surface area contributed by atoms with Gasteiger partial charge in [-0.15, -0.1) is 0 Å². The molecule has 0 aromatic heterocycles. The van der Waals surface area contributed by atoms with Crippen molar-refractivity contribution in [2.24, 2.45) is 5.92 Å². The van der Waals surface area contributed by atoms with Crippen molar-refractivity contribution in [3.8, 4) is 0 Å². The second-order valence-electron chi connectivity index (χ2n) is 4.86. The van der Waals surface area contributed by atoms with Crippen LogP contribution in [0.3, 0.4) is 0 Å². The molecule has 1 fully saturated rings. The summed E-state index contributed by atoms with van der Waals surface area (Å²) in [5.74, 6) is 0.947. The molecule has 1 saturated carbocycles. The Morgan fingerprint density at radius 3 is 2.40 bits per heavy atom. The molecule has 0 heterocycles. The fourth-order valence-corrected chi connectivity index (χ4v) is 2.48. The van der Waals surface area contributed by atoms with E-state index in [9.17, 15) is 4.79 Å². The van der Waals surface area contributed by atoms with E-state index in [-0.39, 0.29) is 5.91 Å². The molecule has 1 aliphatic carbocycles. The minimum absolute atomic E-state index is 0.231. The van der Waals surface area contributed by atoms with E-state index in [1.165, 1.54) is 38.5 Å². The summed E-state index contributed by atoms with van der Waals surface area (Å²) in [5.41, 5.74) is 0. The molecule has 1 amide bonds. The molecular formula is C13H25NO. The molecule has 1 rings (SSSR count). The zero-order valence-electron chi connectivity index (χ0n) is 10.2. The number of carbonyl (C=O) groups is 1. The summed E-state index contributed by atoms with van der Waals surface area (Å²) in [7, 11) is 0. The molecule has 0 aromatic carbocycles. The summed E-state index contributed by atoms with van der Waals surface area (Å²) in [6.07, 6.45) is 9.68. The summed E-state index contributed by atoms with van der Waals surface area (Å²) in [6, 6.07) is 0.377. The molecule has 0 aromatic rings. The van der Waals surface area contributed by atoms with Crippen molar-refractivity contribution in [2.45, 2.75) is 71.3 Å². The van der Waals surface area contributed by atoms with E-state index >= 15 is 0 Å². The number of hydrogen-bond donors (Lipinski definition) is 1. The van der Waals surface area contributed by atoms with Crippen LogP contribution < -0.4 is 5.32 Å². The van der Waals surface area contributed by atoms with Crippen LogP contribution in [-0.4, -0.2) is 11.9 Å². The Kier molecular flexibility index (Phi) is 5.74. The third-order valence-electron chi connectivity index (χ3n) is 3.47. The summed E-state index contributed by atoms with van der Waals surface area (Å²) in [5, 5.41) is 3.14. The first kappa shape index (κ1) is 12.5. The molecule has 1 N–H and O–H groups in total. The highest BCUT2D eigenvalue weighted by Gasteiger charge is 2.19. The number of rotatable bonds is 4. The molecule has 1 atom stereocenters. The average Bonchev–Trinajstić information content (AvgIpc) is 2.45. The molecule has 0 saturated heterocycles. The Morgan fingerprint density at radius 2 is 1.87 bits per heavy atom. The number of amides is 1. The van der Waals surface area contributed by atoms with Crippen LogP contribution in [0.1, 0.15) is 65.2 Å². The Morgan fingerprint density at radius 1 is 1.27 bits per heavy atom. The zero-order chi connectivity index (χ0) is 11.1. The first-order chi connectivity index (χ1) is 7.24. The predicted molar refractivity (Wildman–Crippen MR) is 63.7 cm³/mol. The van der Waals surface area contributed by atoms with Crippen LogP contribution in [-0.2, 0) is 4.79 Å². The zero-order valence-corrected chi connectivity index (χ0v) is 10.2. The largest absolute Gasteiger partial charge is 0.353 e. The third-order valence-corrected chi connectivity index (χ3v) is 3.47. The highest BCUT2D eigenvalue weighted by Crippen LogP contribution is 2.25. The Balaban J connectivity index is 2.30. The minimum Gasteiger partial charge on any atom is -0.353 e. The minimum atomic E-state index is 0.231. The first-order valence-electron chi connectivity index (χ1n) is 6.53. The van der Waals surface area contributed by atoms with Gasteiger partial charge in [-0.05, 0) is 32.1 Å². The van der Waals surface area contributed by atoms with Gasteiger partial charge in [0, 0.05) is 12.5 Å². The van der Waals surface area contributed by atoms with Crippen molar-refractivity contribution in [3.63, 3.8) is 0 Å². The number of hydrogen-bond acceptors (Lipinski definition) is 1. The van der Waals surface area contributed by atoms with Crippen molar-refractivity contribution in [3.05, 3.63) is 0 Å². The Hall–Kier alpha value is -0.530. The number of carbonyl (C=O) groups excluding carboxylic acids is 1. The van der Waals surface area contributed by atoms with Crippen molar-refractivity contribution < 1.29 is 4.79 Å². The second kappa shape index (κ2) is 6.86. The molecular weight excluding hydrogens is 186 g/mol. The van der Waals surface area contributed by atoms with E-state index in [0.717, 1.165) is 6.42 Å². The van der Waals surface area contributed by atoms with Gasteiger partial charge in [-0.1, -0.05) is 32.6 Å². The fraction of sp³-hybridized carbons (Fsp3) is 0.923. The molecule has 0 spiro atoms. The number of nitrogens with one attached hydrogen (secondary N) is 1. The smallest absolute Gasteiger partial charge is 0.220 e. The van der Waals surface area contributed by atoms with Crippen molar-refractivity contribution in [2.75, 3.05) is 0 Å². The van der Waals surface area contributed by atoms with Crippen molar-refractivity contribution in [1.29, 1.82) is 0 Å². The van der Waals surface area contributed by atoms with E-state index in [4.69, 9.17) is 0 Å². The molecule has 0 unspecified atom stereocenters. The molecule has 0 bridgehead atoms. The summed E-state index contributed by atoms with van der Waals surface area (Å²) in [6.45, 7) is 4.22. The SMILES string of the molecule is CCCC(=O)N[C@H](C)C1CCCCCC1. The standard InChI is InChI=1S/C13H25NO/c1-3-8-13(15)14-11(2)12-9-6-4-5-7-10-12/h11-12H,3-10H2,1-2H3,(H,14,15)/t11-/m1/s1. The summed E-state index contributed by atoms with van der Waals surface area (Å²) < 4.78 is 0. The maximum absolute atomic E-state index is 11.5. The van der Waals surface area contributed by atoms with Gasteiger partial charge in [0.1, 0.15) is 0 Å². The van der Waals surface area contributed by atoms with Crippen LogP contribution in [0, 0.1) is 5.92 Å². The van der Waals surface area contributed by atoms with Gasteiger partial charge in [0.2, 0.25) is 5.91 Å². The normalized spacial score (nSPS) is 20.7. The van der Waals surface area contributed by atoms with Gasteiger partial charge >= 0.3 is 0 Å². The van der Waals surface area contributed by atoms with E-state index in [0.29, 0.717) is 18.4 Å². The monoisotopic (exact) mass is 211 g/mol. The van der Waals surface area contributed by atoms with E-state index in [2.05, 4.69) is 19.2 Å². The van der Waals surface area contributed by atoms with Crippen LogP contribution in [0.15, 0.2) is 0 Å². The molecule has 0 aliphatic heterocycles. The molecule has 88 valence electrons. The maximum atomic E-state index is 11.5. The van der Waals surface area contributed by atoms with Crippen LogP contribution in [0.2, 0.25) is 0 Å². The van der Waals surface area contributed by atoms with Gasteiger partial charge < -0.3 is 5.32 Å². The summed E-state index contributed by atoms with van der Waals surface area (Å²) in [4.78, 5) is 11.5. The Labute approximate surface area is 93.8 Å². The quantitative estimate of drug-likeness (QED) is 0.710. The van der Waals surface area contributed by atoms with Crippen LogP contribution in [0.25, 0.3) is 0 Å². The highest BCUT2D eigenvalue weighted by atomic mass is 16.1. The van der Waals surface area contributed by atoms with Crippen LogP contribution >= 0.6 is 0 Å². The lowest BCUT2D eigenvalue weighted by Crippen LogP contribution is -2.37. The van der Waals surface area contributed by atoms with Crippen LogP contribution in [0.5, 0.6) is 0 Å². The summed E-state index contributed by atoms with van der Waals surface area (Å²) >= 11 is 0. The molecule has 2 heteroatoms. The van der Waals surface area contributed by atoms with E-state index < -0.39 is 0 Å². The Bertz CT molecular complexity index is 183. The van der Waals surface area contributed by atoms with E-state index in [1.54, 1.807) is 0 Å². The van der Waals surface area contributed by atoms with Gasteiger partial charge in [-0.25, -0.2) is 0 Å². The maximum Gasteiger partial charge on any atom is 0.220 e. The van der Waals surface area contributed by atoms with Crippen molar-refractivity contribution >= 4 is 5.91 Å². The first-order valence-corrected chi connectivity index (χ1v) is 6.53. The second-order valence-corrected chi connectivity index (χ2v) is 4.86. The lowest BCUT2D eigenvalue weighted by Gasteiger charge is -2.23. The predicted octanol–water partition coefficient (Wildman–Crippen LogP) is 3.26. The van der Waals surface area contributed by atoms with Gasteiger partial charge in [-0.2, -0.15) is 0 Å². The van der Waals surface area contributed by atoms with Gasteiger partial charge in [0.15, 0.2) is 0 Å². The van der Waals surface area contributed by atoms with Crippen LogP contribution in [0.4, 0.5) is 0 Å². The topological polar surface area (TPSA) is 29.1 Å². The lowest BCUT2D eigenvalue weighted by molar-refractivity contribution is -0.122. The highest BCUT2D eigenvalue weighted by molar-refractivity contribution is 5.76. The molecule has 1 aliphatic rings. The fourth-order valence-electron chi connectivity index (χ4n) is 2.48. The average molecular weight is 211 g/mol. The third kappa shape index (κ3) is 4.67. The van der Waals surface area contributed by atoms with E-state index in [1.807, 2.05) is 0 Å². The molecule has 0 radical (unpaired) electrons. The van der Waals surface area contributed by atoms with Gasteiger partial charge in [-0.3, -0.25) is 4.79 Å². The van der Waals surface area contributed by atoms with Gasteiger partial charge in [0.05, 0.1) is 0 Å². The molecule has 2 nitrogen and oxygen atoms in total. The lowest BCUT2D eigenvalue weighted by atomic mass is 9.93. The molecule has 15 heavy (non-hydrogen) atoms.